The third kappa shape index (κ3) is 2.74. The highest BCUT2D eigenvalue weighted by molar-refractivity contribution is 4.85. The average molecular weight is 196 g/mol. The first-order valence-electron chi connectivity index (χ1n) is 6.56. The molecule has 0 nitrogen and oxygen atoms in total. The van der Waals surface area contributed by atoms with Crippen LogP contribution in [0.25, 0.3) is 0 Å². The van der Waals surface area contributed by atoms with Crippen molar-refractivity contribution >= 4 is 0 Å². The first kappa shape index (κ1) is 12.1. The van der Waals surface area contributed by atoms with E-state index < -0.39 is 0 Å². The van der Waals surface area contributed by atoms with Gasteiger partial charge in [-0.3, -0.25) is 0 Å². The first-order valence-corrected chi connectivity index (χ1v) is 6.56. The molecule has 1 saturated carbocycles. The summed E-state index contributed by atoms with van der Waals surface area (Å²) in [4.78, 5) is 0. The first-order chi connectivity index (χ1) is 6.56. The molecule has 0 aliphatic heterocycles. The second-order valence-corrected chi connectivity index (χ2v) is 5.85. The summed E-state index contributed by atoms with van der Waals surface area (Å²) in [5, 5.41) is 0. The number of hydrogen-bond donors (Lipinski definition) is 0. The molecule has 84 valence electrons. The van der Waals surface area contributed by atoms with Gasteiger partial charge >= 0.3 is 0 Å². The zero-order chi connectivity index (χ0) is 10.7. The van der Waals surface area contributed by atoms with Crippen molar-refractivity contribution in [3.8, 4) is 0 Å². The molecule has 1 aliphatic rings. The number of rotatable bonds is 4. The van der Waals surface area contributed by atoms with Crippen molar-refractivity contribution in [3.05, 3.63) is 0 Å². The van der Waals surface area contributed by atoms with Crippen molar-refractivity contribution in [2.24, 2.45) is 29.6 Å². The van der Waals surface area contributed by atoms with Gasteiger partial charge in [-0.2, -0.15) is 0 Å². The van der Waals surface area contributed by atoms with Gasteiger partial charge in [0.2, 0.25) is 0 Å². The standard InChI is InChI=1S/C14H28/c1-6-13-9-14(8-7-10(2)3)12(5)11(13)4/h10-14H,6-9H2,1-5H3. The van der Waals surface area contributed by atoms with Crippen LogP contribution in [0.15, 0.2) is 0 Å². The van der Waals surface area contributed by atoms with E-state index in [2.05, 4.69) is 34.6 Å². The van der Waals surface area contributed by atoms with Crippen molar-refractivity contribution in [2.75, 3.05) is 0 Å². The summed E-state index contributed by atoms with van der Waals surface area (Å²) in [5.41, 5.74) is 0. The normalized spacial score (nSPS) is 38.1. The van der Waals surface area contributed by atoms with Gasteiger partial charge in [0.15, 0.2) is 0 Å². The minimum atomic E-state index is 0.887. The molecule has 1 aliphatic carbocycles. The summed E-state index contributed by atoms with van der Waals surface area (Å²) in [6.07, 6.45) is 5.80. The molecule has 0 amide bonds. The summed E-state index contributed by atoms with van der Waals surface area (Å²) in [6, 6.07) is 0. The molecule has 4 atom stereocenters. The zero-order valence-corrected chi connectivity index (χ0v) is 10.7. The minimum Gasteiger partial charge on any atom is -0.0651 e. The molecule has 0 radical (unpaired) electrons. The third-order valence-electron chi connectivity index (χ3n) is 4.56. The molecule has 0 aromatic rings. The Hall–Kier alpha value is 0. The van der Waals surface area contributed by atoms with Crippen LogP contribution >= 0.6 is 0 Å². The zero-order valence-electron chi connectivity index (χ0n) is 10.7. The van der Waals surface area contributed by atoms with Gasteiger partial charge in [-0.05, 0) is 42.4 Å². The lowest BCUT2D eigenvalue weighted by molar-refractivity contribution is 0.307. The maximum atomic E-state index is 2.48. The van der Waals surface area contributed by atoms with Crippen molar-refractivity contribution in [2.45, 2.75) is 60.3 Å². The lowest BCUT2D eigenvalue weighted by Gasteiger charge is -2.19. The second-order valence-electron chi connectivity index (χ2n) is 5.85. The van der Waals surface area contributed by atoms with Crippen molar-refractivity contribution in [1.29, 1.82) is 0 Å². The Morgan fingerprint density at radius 1 is 1.07 bits per heavy atom. The largest absolute Gasteiger partial charge is 0.0651 e. The molecule has 14 heavy (non-hydrogen) atoms. The van der Waals surface area contributed by atoms with Crippen LogP contribution < -0.4 is 0 Å². The van der Waals surface area contributed by atoms with Crippen LogP contribution in [0.4, 0.5) is 0 Å². The quantitative estimate of drug-likeness (QED) is 0.609. The molecule has 0 N–H and O–H groups in total. The highest BCUT2D eigenvalue weighted by atomic mass is 14.4. The van der Waals surface area contributed by atoms with E-state index in [0.717, 1.165) is 29.6 Å². The van der Waals surface area contributed by atoms with Crippen LogP contribution in [0.3, 0.4) is 0 Å². The van der Waals surface area contributed by atoms with E-state index in [1.54, 1.807) is 0 Å². The summed E-state index contributed by atoms with van der Waals surface area (Å²) >= 11 is 0. The fraction of sp³-hybridized carbons (Fsp3) is 1.00. The smallest absolute Gasteiger partial charge is 0.0383 e. The predicted octanol–water partition coefficient (Wildman–Crippen LogP) is 4.74. The SMILES string of the molecule is CCC1CC(CCC(C)C)C(C)C1C. The van der Waals surface area contributed by atoms with Crippen molar-refractivity contribution < 1.29 is 0 Å². The van der Waals surface area contributed by atoms with E-state index in [1.165, 1.54) is 25.7 Å². The van der Waals surface area contributed by atoms with Crippen LogP contribution in [0.5, 0.6) is 0 Å². The molecule has 1 fully saturated rings. The molecule has 0 aromatic carbocycles. The van der Waals surface area contributed by atoms with Gasteiger partial charge in [-0.1, -0.05) is 47.5 Å². The Labute approximate surface area is 90.5 Å². The fourth-order valence-corrected chi connectivity index (χ4v) is 3.14. The Balaban J connectivity index is 2.40. The van der Waals surface area contributed by atoms with Crippen LogP contribution in [0, 0.1) is 29.6 Å². The van der Waals surface area contributed by atoms with Crippen molar-refractivity contribution in [1.82, 2.24) is 0 Å². The Morgan fingerprint density at radius 2 is 1.64 bits per heavy atom. The highest BCUT2D eigenvalue weighted by Gasteiger charge is 2.36. The summed E-state index contributed by atoms with van der Waals surface area (Å²) in [7, 11) is 0. The van der Waals surface area contributed by atoms with E-state index in [-0.39, 0.29) is 0 Å². The van der Waals surface area contributed by atoms with E-state index >= 15 is 0 Å². The van der Waals surface area contributed by atoms with E-state index in [9.17, 15) is 0 Å². The van der Waals surface area contributed by atoms with Gasteiger partial charge in [0, 0.05) is 0 Å². The monoisotopic (exact) mass is 196 g/mol. The third-order valence-corrected chi connectivity index (χ3v) is 4.56. The van der Waals surface area contributed by atoms with Crippen LogP contribution in [0.2, 0.25) is 0 Å². The van der Waals surface area contributed by atoms with Crippen molar-refractivity contribution in [3.63, 3.8) is 0 Å². The lowest BCUT2D eigenvalue weighted by Crippen LogP contribution is -2.11. The molecule has 0 aromatic heterocycles. The minimum absolute atomic E-state index is 0.887. The summed E-state index contributed by atoms with van der Waals surface area (Å²) in [5.74, 6) is 4.87. The Morgan fingerprint density at radius 3 is 2.07 bits per heavy atom. The summed E-state index contributed by atoms with van der Waals surface area (Å²) < 4.78 is 0. The molecule has 0 bridgehead atoms. The lowest BCUT2D eigenvalue weighted by atomic mass is 9.87. The molecular formula is C14H28. The van der Waals surface area contributed by atoms with E-state index in [4.69, 9.17) is 0 Å². The average Bonchev–Trinajstić information content (AvgIpc) is 2.41. The Kier molecular flexibility index (Phi) is 4.47. The van der Waals surface area contributed by atoms with E-state index in [0.29, 0.717) is 0 Å². The molecule has 1 rings (SSSR count). The van der Waals surface area contributed by atoms with Crippen LogP contribution in [-0.4, -0.2) is 0 Å². The van der Waals surface area contributed by atoms with Gasteiger partial charge in [-0.25, -0.2) is 0 Å². The predicted molar refractivity (Wildman–Crippen MR) is 64.3 cm³/mol. The van der Waals surface area contributed by atoms with Gasteiger partial charge in [0.1, 0.15) is 0 Å². The second kappa shape index (κ2) is 5.19. The van der Waals surface area contributed by atoms with Crippen LogP contribution in [0.1, 0.15) is 60.3 Å². The fourth-order valence-electron chi connectivity index (χ4n) is 3.14. The maximum Gasteiger partial charge on any atom is -0.0383 e. The Bertz CT molecular complexity index is 159. The van der Waals surface area contributed by atoms with E-state index in [1.807, 2.05) is 0 Å². The molecule has 0 saturated heterocycles. The number of hydrogen-bond acceptors (Lipinski definition) is 0. The summed E-state index contributed by atoms with van der Waals surface area (Å²) in [6.45, 7) is 12.0. The highest BCUT2D eigenvalue weighted by Crippen LogP contribution is 2.44. The van der Waals surface area contributed by atoms with Gasteiger partial charge in [0.05, 0.1) is 0 Å². The molecular weight excluding hydrogens is 168 g/mol. The molecule has 0 spiro atoms. The van der Waals surface area contributed by atoms with Gasteiger partial charge < -0.3 is 0 Å². The van der Waals surface area contributed by atoms with Crippen LogP contribution in [-0.2, 0) is 0 Å². The van der Waals surface area contributed by atoms with Gasteiger partial charge in [-0.15, -0.1) is 0 Å². The maximum absolute atomic E-state index is 2.48. The molecule has 4 unspecified atom stereocenters. The molecule has 0 heterocycles. The molecule has 0 heteroatoms. The van der Waals surface area contributed by atoms with Gasteiger partial charge in [0.25, 0.3) is 0 Å². The topological polar surface area (TPSA) is 0 Å².